The van der Waals surface area contributed by atoms with Gasteiger partial charge in [0.15, 0.2) is 6.61 Å². The van der Waals surface area contributed by atoms with E-state index < -0.39 is 11.5 Å². The molecule has 2 aromatic rings. The Morgan fingerprint density at radius 3 is 2.68 bits per heavy atom. The maximum atomic E-state index is 12.7. The summed E-state index contributed by atoms with van der Waals surface area (Å²) in [5.41, 5.74) is 1.05. The highest BCUT2D eigenvalue weighted by Crippen LogP contribution is 2.36. The predicted octanol–water partition coefficient (Wildman–Crippen LogP) is 3.21. The fraction of sp³-hybridized carbons (Fsp3) is 0.381. The number of hydrogen-bond acceptors (Lipinski definition) is 5. The van der Waals surface area contributed by atoms with Crippen molar-refractivity contribution in [2.75, 3.05) is 23.4 Å². The Hall–Kier alpha value is -3.09. The summed E-state index contributed by atoms with van der Waals surface area (Å²) in [5, 5.41) is 2.73. The normalized spacial score (nSPS) is 16.2. The first-order chi connectivity index (χ1) is 13.5. The Morgan fingerprint density at radius 2 is 2.04 bits per heavy atom. The topological polar surface area (TPSA) is 88.8 Å². The highest BCUT2D eigenvalue weighted by Gasteiger charge is 2.27. The summed E-state index contributed by atoms with van der Waals surface area (Å²) in [6.45, 7) is 4.11. The second-order valence-corrected chi connectivity index (χ2v) is 7.19. The highest BCUT2D eigenvalue weighted by atomic mass is 16.5. The minimum absolute atomic E-state index is 0.000128. The minimum atomic E-state index is -0.619. The van der Waals surface area contributed by atoms with Gasteiger partial charge < -0.3 is 19.4 Å². The number of benzene rings is 1. The molecule has 2 aliphatic rings. The standard InChI is InChI=1S/C21H22N2O5/c1-3-23-15-10-14(7-8-16(15)27-11-18(23)24)22-20(25)19-12(2)9-17(28-21(19)26)13-5-4-6-13/h7-10,13H,3-6,11H2,1-2H3,(H,22,25). The molecule has 1 N–H and O–H groups in total. The van der Waals surface area contributed by atoms with Crippen molar-refractivity contribution < 1.29 is 18.7 Å². The molecule has 28 heavy (non-hydrogen) atoms. The van der Waals surface area contributed by atoms with E-state index >= 15 is 0 Å². The molecular formula is C21H22N2O5. The van der Waals surface area contributed by atoms with E-state index in [0.717, 1.165) is 19.3 Å². The van der Waals surface area contributed by atoms with Crippen molar-refractivity contribution in [3.05, 3.63) is 51.6 Å². The molecule has 0 unspecified atom stereocenters. The van der Waals surface area contributed by atoms with E-state index in [9.17, 15) is 14.4 Å². The first kappa shape index (κ1) is 18.3. The highest BCUT2D eigenvalue weighted by molar-refractivity contribution is 6.06. The molecule has 0 bridgehead atoms. The summed E-state index contributed by atoms with van der Waals surface area (Å²) >= 11 is 0. The van der Waals surface area contributed by atoms with E-state index in [1.807, 2.05) is 6.92 Å². The monoisotopic (exact) mass is 382 g/mol. The van der Waals surface area contributed by atoms with Gasteiger partial charge in [-0.1, -0.05) is 6.42 Å². The van der Waals surface area contributed by atoms with Crippen LogP contribution in [0.2, 0.25) is 0 Å². The Labute approximate surface area is 162 Å². The fourth-order valence-electron chi connectivity index (χ4n) is 3.62. The van der Waals surface area contributed by atoms with Crippen LogP contribution in [0.4, 0.5) is 11.4 Å². The van der Waals surface area contributed by atoms with Gasteiger partial charge in [-0.25, -0.2) is 4.79 Å². The van der Waals surface area contributed by atoms with Crippen LogP contribution in [-0.2, 0) is 4.79 Å². The number of carbonyl (C=O) groups is 2. The van der Waals surface area contributed by atoms with Crippen molar-refractivity contribution in [1.29, 1.82) is 0 Å². The molecule has 1 saturated carbocycles. The molecule has 2 amide bonds. The van der Waals surface area contributed by atoms with Crippen LogP contribution < -0.4 is 20.6 Å². The number of ether oxygens (including phenoxy) is 1. The third-order valence-electron chi connectivity index (χ3n) is 5.38. The third kappa shape index (κ3) is 3.17. The van der Waals surface area contributed by atoms with Crippen LogP contribution in [0.25, 0.3) is 0 Å². The molecule has 7 heteroatoms. The fourth-order valence-corrected chi connectivity index (χ4v) is 3.62. The van der Waals surface area contributed by atoms with Crippen LogP contribution in [0.5, 0.6) is 5.75 Å². The molecule has 0 spiro atoms. The van der Waals surface area contributed by atoms with Gasteiger partial charge >= 0.3 is 5.63 Å². The van der Waals surface area contributed by atoms with Crippen molar-refractivity contribution in [2.45, 2.75) is 39.0 Å². The molecule has 1 aromatic heterocycles. The summed E-state index contributed by atoms with van der Waals surface area (Å²) in [6, 6.07) is 6.85. The minimum Gasteiger partial charge on any atom is -0.482 e. The number of aryl methyl sites for hydroxylation is 1. The first-order valence-electron chi connectivity index (χ1n) is 9.51. The van der Waals surface area contributed by atoms with E-state index in [1.54, 1.807) is 36.1 Å². The molecule has 1 aromatic carbocycles. The van der Waals surface area contributed by atoms with E-state index in [2.05, 4.69) is 5.32 Å². The average molecular weight is 382 g/mol. The Bertz CT molecular complexity index is 1010. The quantitative estimate of drug-likeness (QED) is 0.877. The second-order valence-electron chi connectivity index (χ2n) is 7.19. The van der Waals surface area contributed by atoms with Gasteiger partial charge in [-0.3, -0.25) is 9.59 Å². The number of rotatable bonds is 4. The van der Waals surface area contributed by atoms with Crippen LogP contribution in [-0.4, -0.2) is 25.0 Å². The zero-order valence-corrected chi connectivity index (χ0v) is 15.9. The molecule has 7 nitrogen and oxygen atoms in total. The number of carbonyl (C=O) groups excluding carboxylic acids is 2. The van der Waals surface area contributed by atoms with Crippen LogP contribution in [0.1, 0.15) is 53.8 Å². The molecule has 4 rings (SSSR count). The summed E-state index contributed by atoms with van der Waals surface area (Å²) in [7, 11) is 0. The third-order valence-corrected chi connectivity index (χ3v) is 5.38. The number of nitrogens with one attached hydrogen (secondary N) is 1. The molecule has 1 aliphatic carbocycles. The second kappa shape index (κ2) is 7.14. The van der Waals surface area contributed by atoms with Crippen LogP contribution >= 0.6 is 0 Å². The van der Waals surface area contributed by atoms with Gasteiger partial charge in [0.1, 0.15) is 17.1 Å². The van der Waals surface area contributed by atoms with E-state index in [0.29, 0.717) is 35.0 Å². The number of likely N-dealkylation sites (N-methyl/N-ethyl adjacent to an activating group) is 1. The van der Waals surface area contributed by atoms with Crippen molar-refractivity contribution in [1.82, 2.24) is 0 Å². The molecule has 2 heterocycles. The van der Waals surface area contributed by atoms with Crippen LogP contribution in [0.3, 0.4) is 0 Å². The molecule has 0 atom stereocenters. The van der Waals surface area contributed by atoms with Gasteiger partial charge in [-0.2, -0.15) is 0 Å². The number of fused-ring (bicyclic) bond motifs is 1. The lowest BCUT2D eigenvalue weighted by Crippen LogP contribution is -2.38. The van der Waals surface area contributed by atoms with E-state index in [-0.39, 0.29) is 24.0 Å². The largest absolute Gasteiger partial charge is 0.482 e. The van der Waals surface area contributed by atoms with Gasteiger partial charge in [0, 0.05) is 18.2 Å². The maximum Gasteiger partial charge on any atom is 0.349 e. The van der Waals surface area contributed by atoms with E-state index in [1.165, 1.54) is 0 Å². The lowest BCUT2D eigenvalue weighted by Gasteiger charge is -2.28. The number of hydrogen-bond donors (Lipinski definition) is 1. The average Bonchev–Trinajstić information content (AvgIpc) is 2.59. The molecular weight excluding hydrogens is 360 g/mol. The van der Waals surface area contributed by atoms with Crippen molar-refractivity contribution >= 4 is 23.2 Å². The smallest absolute Gasteiger partial charge is 0.349 e. The number of amides is 2. The molecule has 146 valence electrons. The van der Waals surface area contributed by atoms with Gasteiger partial charge in [-0.05, 0) is 56.5 Å². The predicted molar refractivity (Wildman–Crippen MR) is 104 cm³/mol. The molecule has 0 saturated heterocycles. The summed E-state index contributed by atoms with van der Waals surface area (Å²) < 4.78 is 10.8. The van der Waals surface area contributed by atoms with Crippen molar-refractivity contribution in [3.8, 4) is 5.75 Å². The Balaban J connectivity index is 1.60. The summed E-state index contributed by atoms with van der Waals surface area (Å²) in [4.78, 5) is 38.7. The lowest BCUT2D eigenvalue weighted by molar-refractivity contribution is -0.121. The number of anilines is 2. The zero-order chi connectivity index (χ0) is 19.8. The van der Waals surface area contributed by atoms with Gasteiger partial charge in [-0.15, -0.1) is 0 Å². The zero-order valence-electron chi connectivity index (χ0n) is 15.9. The van der Waals surface area contributed by atoms with Crippen molar-refractivity contribution in [3.63, 3.8) is 0 Å². The van der Waals surface area contributed by atoms with Gasteiger partial charge in [0.2, 0.25) is 0 Å². The van der Waals surface area contributed by atoms with Crippen molar-refractivity contribution in [2.24, 2.45) is 0 Å². The van der Waals surface area contributed by atoms with Crippen LogP contribution in [0.15, 0.2) is 33.5 Å². The first-order valence-corrected chi connectivity index (χ1v) is 9.51. The molecule has 1 aliphatic heterocycles. The Kier molecular flexibility index (Phi) is 4.66. The lowest BCUT2D eigenvalue weighted by atomic mass is 9.83. The van der Waals surface area contributed by atoms with E-state index in [4.69, 9.17) is 9.15 Å². The van der Waals surface area contributed by atoms with Gasteiger partial charge in [0.25, 0.3) is 11.8 Å². The SMILES string of the molecule is CCN1C(=O)COc2ccc(NC(=O)c3c(C)cc(C4CCC4)oc3=O)cc21. The van der Waals surface area contributed by atoms with Gasteiger partial charge in [0.05, 0.1) is 5.69 Å². The number of nitrogens with zero attached hydrogens (tertiary/aromatic N) is 1. The maximum absolute atomic E-state index is 12.7. The molecule has 0 radical (unpaired) electrons. The Morgan fingerprint density at radius 1 is 1.25 bits per heavy atom. The van der Waals surface area contributed by atoms with Crippen LogP contribution in [0, 0.1) is 6.92 Å². The summed E-state index contributed by atoms with van der Waals surface area (Å²) in [5.74, 6) is 0.856. The molecule has 1 fully saturated rings. The summed E-state index contributed by atoms with van der Waals surface area (Å²) in [6.07, 6.45) is 3.16.